The summed E-state index contributed by atoms with van der Waals surface area (Å²) in [4.78, 5) is 22.2. The molecule has 0 amide bonds. The Morgan fingerprint density at radius 3 is 2.40 bits per heavy atom. The van der Waals surface area contributed by atoms with Gasteiger partial charge in [-0.2, -0.15) is 0 Å². The molecular formula is C14H23O5P. The van der Waals surface area contributed by atoms with E-state index in [1.165, 1.54) is 5.56 Å². The molecule has 0 aliphatic rings. The highest BCUT2D eigenvalue weighted by atomic mass is 31.2. The van der Waals surface area contributed by atoms with E-state index in [-0.39, 0.29) is 5.41 Å². The Bertz CT molecular complexity index is 487. The largest absolute Gasteiger partial charge is 0.505 e. The highest BCUT2D eigenvalue weighted by Gasteiger charge is 2.23. The average Bonchev–Trinajstić information content (AvgIpc) is 2.32. The van der Waals surface area contributed by atoms with Gasteiger partial charge in [0, 0.05) is 5.56 Å². The highest BCUT2D eigenvalue weighted by Crippen LogP contribution is 2.39. The average molecular weight is 302 g/mol. The van der Waals surface area contributed by atoms with Gasteiger partial charge in [-0.1, -0.05) is 50.9 Å². The molecule has 0 heterocycles. The lowest BCUT2D eigenvalue weighted by Crippen LogP contribution is -2.14. The Kier molecular flexibility index (Phi) is 5.78. The lowest BCUT2D eigenvalue weighted by atomic mass is 9.85. The fourth-order valence-electron chi connectivity index (χ4n) is 1.86. The molecule has 0 aromatic heterocycles. The van der Waals surface area contributed by atoms with Gasteiger partial charge in [0.25, 0.3) is 0 Å². The van der Waals surface area contributed by atoms with E-state index < -0.39 is 7.82 Å². The summed E-state index contributed by atoms with van der Waals surface area (Å²) in [6, 6.07) is 5.60. The summed E-state index contributed by atoms with van der Waals surface area (Å²) >= 11 is 0. The zero-order chi connectivity index (χ0) is 15.4. The summed E-state index contributed by atoms with van der Waals surface area (Å²) in [6.45, 7) is 8.17. The summed E-state index contributed by atoms with van der Waals surface area (Å²) in [5, 5.41) is 0. The maximum absolute atomic E-state index is 10.7. The molecule has 0 bridgehead atoms. The van der Waals surface area contributed by atoms with E-state index in [0.717, 1.165) is 24.8 Å². The van der Waals surface area contributed by atoms with Crippen molar-refractivity contribution in [1.29, 1.82) is 0 Å². The standard InChI is InChI=1S/C14H23O5P/c1-5-6-7-11-8-9-13(18-19-20(15,16)17)12(10-11)14(2,3)4/h8-10H,5-7H2,1-4H3,(H2,15,16,17). The van der Waals surface area contributed by atoms with Crippen LogP contribution in [0.5, 0.6) is 5.75 Å². The first kappa shape index (κ1) is 17.2. The number of hydrogen-bond acceptors (Lipinski definition) is 3. The molecule has 0 saturated heterocycles. The van der Waals surface area contributed by atoms with E-state index in [0.29, 0.717) is 5.75 Å². The second kappa shape index (κ2) is 6.72. The van der Waals surface area contributed by atoms with Gasteiger partial charge in [-0.3, -0.25) is 0 Å². The molecule has 0 fully saturated rings. The lowest BCUT2D eigenvalue weighted by molar-refractivity contribution is -0.123. The Hall–Kier alpha value is -0.870. The third-order valence-corrected chi connectivity index (χ3v) is 3.16. The van der Waals surface area contributed by atoms with Gasteiger partial charge < -0.3 is 14.7 Å². The van der Waals surface area contributed by atoms with Gasteiger partial charge in [-0.25, -0.2) is 4.57 Å². The topological polar surface area (TPSA) is 76.0 Å². The molecule has 0 spiro atoms. The van der Waals surface area contributed by atoms with Crippen molar-refractivity contribution in [1.82, 2.24) is 0 Å². The second-order valence-corrected chi connectivity index (χ2v) is 6.96. The number of benzene rings is 1. The van der Waals surface area contributed by atoms with Crippen LogP contribution in [0, 0.1) is 0 Å². The monoisotopic (exact) mass is 302 g/mol. The van der Waals surface area contributed by atoms with E-state index in [1.807, 2.05) is 32.9 Å². The van der Waals surface area contributed by atoms with E-state index in [4.69, 9.17) is 14.7 Å². The SMILES string of the molecule is CCCCc1ccc(OOP(=O)(O)O)c(C(C)(C)C)c1. The van der Waals surface area contributed by atoms with Crippen molar-refractivity contribution in [3.05, 3.63) is 29.3 Å². The quantitative estimate of drug-likeness (QED) is 0.476. The van der Waals surface area contributed by atoms with Crippen LogP contribution in [-0.4, -0.2) is 9.79 Å². The zero-order valence-electron chi connectivity index (χ0n) is 12.4. The van der Waals surface area contributed by atoms with Gasteiger partial charge in [-0.05, 0) is 29.9 Å². The first-order chi connectivity index (χ1) is 9.13. The Balaban J connectivity index is 3.01. The first-order valence-corrected chi connectivity index (χ1v) is 8.21. The minimum Gasteiger partial charge on any atom is -0.327 e. The number of hydrogen-bond donors (Lipinski definition) is 2. The molecule has 6 heteroatoms. The van der Waals surface area contributed by atoms with E-state index >= 15 is 0 Å². The molecule has 5 nitrogen and oxygen atoms in total. The molecule has 0 radical (unpaired) electrons. The molecule has 0 unspecified atom stereocenters. The van der Waals surface area contributed by atoms with E-state index in [2.05, 4.69) is 11.6 Å². The Morgan fingerprint density at radius 1 is 1.25 bits per heavy atom. The minimum atomic E-state index is -4.65. The summed E-state index contributed by atoms with van der Waals surface area (Å²) in [6.07, 6.45) is 3.19. The smallest absolute Gasteiger partial charge is 0.327 e. The predicted octanol–water partition coefficient (Wildman–Crippen LogP) is 3.73. The third-order valence-electron chi connectivity index (χ3n) is 2.90. The lowest BCUT2D eigenvalue weighted by Gasteiger charge is -2.22. The minimum absolute atomic E-state index is 0.212. The van der Waals surface area contributed by atoms with Crippen LogP contribution >= 0.6 is 7.82 Å². The van der Waals surface area contributed by atoms with Crippen molar-refractivity contribution in [2.45, 2.75) is 52.4 Å². The summed E-state index contributed by atoms with van der Waals surface area (Å²) in [5.41, 5.74) is 1.83. The fraction of sp³-hybridized carbons (Fsp3) is 0.571. The Morgan fingerprint density at radius 2 is 1.90 bits per heavy atom. The molecule has 20 heavy (non-hydrogen) atoms. The molecule has 1 aromatic rings. The number of unbranched alkanes of at least 4 members (excludes halogenated alkanes) is 1. The van der Waals surface area contributed by atoms with E-state index in [1.54, 1.807) is 6.07 Å². The molecule has 0 atom stereocenters. The molecule has 1 rings (SSSR count). The van der Waals surface area contributed by atoms with Gasteiger partial charge in [-0.15, -0.1) is 0 Å². The van der Waals surface area contributed by atoms with Crippen molar-refractivity contribution in [2.75, 3.05) is 0 Å². The van der Waals surface area contributed by atoms with Gasteiger partial charge >= 0.3 is 7.82 Å². The van der Waals surface area contributed by atoms with Gasteiger partial charge in [0.2, 0.25) is 0 Å². The van der Waals surface area contributed by atoms with E-state index in [9.17, 15) is 4.57 Å². The van der Waals surface area contributed by atoms with Crippen LogP contribution in [0.2, 0.25) is 0 Å². The number of rotatable bonds is 6. The zero-order valence-corrected chi connectivity index (χ0v) is 13.3. The first-order valence-electron chi connectivity index (χ1n) is 6.68. The normalized spacial score (nSPS) is 12.5. The predicted molar refractivity (Wildman–Crippen MR) is 77.5 cm³/mol. The molecular weight excluding hydrogens is 279 g/mol. The maximum atomic E-state index is 10.7. The van der Waals surface area contributed by atoms with Crippen LogP contribution in [-0.2, 0) is 21.1 Å². The van der Waals surface area contributed by atoms with Crippen LogP contribution in [0.3, 0.4) is 0 Å². The van der Waals surface area contributed by atoms with Crippen molar-refractivity contribution in [2.24, 2.45) is 0 Å². The van der Waals surface area contributed by atoms with Crippen LogP contribution in [0.1, 0.15) is 51.7 Å². The van der Waals surface area contributed by atoms with Crippen molar-refractivity contribution >= 4 is 7.82 Å². The van der Waals surface area contributed by atoms with Gasteiger partial charge in [0.1, 0.15) is 0 Å². The van der Waals surface area contributed by atoms with Crippen LogP contribution < -0.4 is 4.89 Å². The third kappa shape index (κ3) is 5.63. The summed E-state index contributed by atoms with van der Waals surface area (Å²) < 4.78 is 14.9. The number of phosphoric acid groups is 1. The van der Waals surface area contributed by atoms with Gasteiger partial charge in [0.05, 0.1) is 0 Å². The second-order valence-electron chi connectivity index (χ2n) is 5.83. The molecule has 0 aliphatic heterocycles. The molecule has 1 aromatic carbocycles. The van der Waals surface area contributed by atoms with Crippen LogP contribution in [0.25, 0.3) is 0 Å². The molecule has 0 aliphatic carbocycles. The van der Waals surface area contributed by atoms with Crippen LogP contribution in [0.15, 0.2) is 18.2 Å². The molecule has 0 saturated carbocycles. The van der Waals surface area contributed by atoms with Gasteiger partial charge in [0.15, 0.2) is 5.75 Å². The Labute approximate surface area is 120 Å². The summed E-state index contributed by atoms with van der Waals surface area (Å²) in [5.74, 6) is 0.334. The van der Waals surface area contributed by atoms with Crippen molar-refractivity contribution in [3.8, 4) is 5.75 Å². The fourth-order valence-corrected chi connectivity index (χ4v) is 2.04. The van der Waals surface area contributed by atoms with Crippen LogP contribution in [0.4, 0.5) is 0 Å². The maximum Gasteiger partial charge on any atom is 0.505 e. The van der Waals surface area contributed by atoms with Crippen molar-refractivity contribution in [3.63, 3.8) is 0 Å². The number of aryl methyl sites for hydroxylation is 1. The molecule has 2 N–H and O–H groups in total. The summed E-state index contributed by atoms with van der Waals surface area (Å²) in [7, 11) is -4.65. The van der Waals surface area contributed by atoms with Crippen molar-refractivity contribution < 1.29 is 23.9 Å². The highest BCUT2D eigenvalue weighted by molar-refractivity contribution is 7.46. The molecule has 114 valence electrons.